The van der Waals surface area contributed by atoms with Crippen molar-refractivity contribution in [2.75, 3.05) is 6.54 Å². The predicted octanol–water partition coefficient (Wildman–Crippen LogP) is 3.93. The molecule has 3 unspecified atom stereocenters. The first kappa shape index (κ1) is 17.6. The highest BCUT2D eigenvalue weighted by Gasteiger charge is 2.37. The molecule has 146 valence electrons. The van der Waals surface area contributed by atoms with Gasteiger partial charge in [0.15, 0.2) is 5.65 Å². The van der Waals surface area contributed by atoms with Crippen LogP contribution in [0.2, 0.25) is 0 Å². The first-order valence-corrected chi connectivity index (χ1v) is 9.50. The van der Waals surface area contributed by atoms with Crippen molar-refractivity contribution in [3.8, 4) is 11.4 Å². The van der Waals surface area contributed by atoms with E-state index in [1.165, 1.54) is 6.07 Å². The van der Waals surface area contributed by atoms with Crippen LogP contribution in [0.1, 0.15) is 31.0 Å². The van der Waals surface area contributed by atoms with E-state index in [1.807, 2.05) is 34.9 Å². The third kappa shape index (κ3) is 2.97. The number of fused-ring (bicyclic) bond motifs is 2. The monoisotopic (exact) mass is 387 g/mol. The van der Waals surface area contributed by atoms with E-state index in [2.05, 4.69) is 20.8 Å². The smallest absolute Gasteiger partial charge is 0.306 e. The SMILES string of the molecule is FC(F)(F)c1ccc2nc(-c3ccccc3)n(C3CCC4NNCC4C3)c2n1. The van der Waals surface area contributed by atoms with Crippen LogP contribution in [0.25, 0.3) is 22.6 Å². The Kier molecular flexibility index (Phi) is 4.13. The van der Waals surface area contributed by atoms with Gasteiger partial charge in [-0.3, -0.25) is 10.9 Å². The number of pyridine rings is 1. The zero-order valence-electron chi connectivity index (χ0n) is 15.1. The van der Waals surface area contributed by atoms with Gasteiger partial charge in [0, 0.05) is 24.2 Å². The van der Waals surface area contributed by atoms with Crippen LogP contribution in [0.3, 0.4) is 0 Å². The molecule has 0 bridgehead atoms. The molecule has 0 radical (unpaired) electrons. The molecule has 2 N–H and O–H groups in total. The maximum atomic E-state index is 13.3. The molecule has 2 aromatic heterocycles. The molecule has 28 heavy (non-hydrogen) atoms. The summed E-state index contributed by atoms with van der Waals surface area (Å²) in [6.45, 7) is 0.871. The lowest BCUT2D eigenvalue weighted by Gasteiger charge is -2.32. The molecule has 1 aliphatic carbocycles. The lowest BCUT2D eigenvalue weighted by molar-refractivity contribution is -0.141. The Morgan fingerprint density at radius 3 is 2.61 bits per heavy atom. The molecule has 8 heteroatoms. The average molecular weight is 387 g/mol. The summed E-state index contributed by atoms with van der Waals surface area (Å²) in [5.41, 5.74) is 7.33. The highest BCUT2D eigenvalue weighted by atomic mass is 19.4. The van der Waals surface area contributed by atoms with E-state index in [9.17, 15) is 13.2 Å². The lowest BCUT2D eigenvalue weighted by atomic mass is 9.82. The fourth-order valence-corrected chi connectivity index (χ4v) is 4.48. The Bertz CT molecular complexity index is 998. The van der Waals surface area contributed by atoms with E-state index < -0.39 is 11.9 Å². The lowest BCUT2D eigenvalue weighted by Crippen LogP contribution is -2.36. The molecule has 1 aromatic carbocycles. The molecule has 3 atom stereocenters. The summed E-state index contributed by atoms with van der Waals surface area (Å²) in [5.74, 6) is 1.13. The van der Waals surface area contributed by atoms with Crippen molar-refractivity contribution in [1.29, 1.82) is 0 Å². The Balaban J connectivity index is 1.67. The van der Waals surface area contributed by atoms with Gasteiger partial charge >= 0.3 is 6.18 Å². The largest absolute Gasteiger partial charge is 0.433 e. The average Bonchev–Trinajstić information content (AvgIpc) is 3.31. The minimum absolute atomic E-state index is 0.0686. The van der Waals surface area contributed by atoms with E-state index in [0.717, 1.165) is 37.4 Å². The fourth-order valence-electron chi connectivity index (χ4n) is 4.48. The normalized spacial score (nSPS) is 25.2. The van der Waals surface area contributed by atoms with E-state index in [-0.39, 0.29) is 6.04 Å². The summed E-state index contributed by atoms with van der Waals surface area (Å²) in [4.78, 5) is 8.67. The molecular formula is C20H20F3N5. The summed E-state index contributed by atoms with van der Waals surface area (Å²) in [5, 5.41) is 0. The number of aromatic nitrogens is 3. The highest BCUT2D eigenvalue weighted by Crippen LogP contribution is 2.39. The number of hydrogen-bond donors (Lipinski definition) is 2. The molecule has 5 rings (SSSR count). The van der Waals surface area contributed by atoms with Crippen molar-refractivity contribution in [2.24, 2.45) is 5.92 Å². The maximum Gasteiger partial charge on any atom is 0.433 e. The third-order valence-electron chi connectivity index (χ3n) is 5.83. The van der Waals surface area contributed by atoms with E-state index in [0.29, 0.717) is 28.9 Å². The maximum absolute atomic E-state index is 13.3. The standard InChI is InChI=1S/C20H20F3N5/c21-20(22,23)17-9-8-16-19(26-17)28(18(25-16)12-4-2-1-3-5-12)14-6-7-15-13(10-14)11-24-27-15/h1-5,8-9,13-15,24,27H,6-7,10-11H2. The van der Waals surface area contributed by atoms with Crippen molar-refractivity contribution in [3.63, 3.8) is 0 Å². The second-order valence-electron chi connectivity index (χ2n) is 7.57. The quantitative estimate of drug-likeness (QED) is 0.700. The first-order valence-electron chi connectivity index (χ1n) is 9.50. The first-order chi connectivity index (χ1) is 13.5. The number of nitrogens with one attached hydrogen (secondary N) is 2. The second kappa shape index (κ2) is 6.56. The summed E-state index contributed by atoms with van der Waals surface area (Å²) < 4.78 is 41.8. The molecule has 0 spiro atoms. The molecule has 1 saturated carbocycles. The van der Waals surface area contributed by atoms with Gasteiger partial charge in [-0.25, -0.2) is 9.97 Å². The zero-order chi connectivity index (χ0) is 19.3. The molecule has 2 fully saturated rings. The molecule has 0 amide bonds. The van der Waals surface area contributed by atoms with Gasteiger partial charge in [0.05, 0.1) is 0 Å². The third-order valence-corrected chi connectivity index (χ3v) is 5.83. The minimum atomic E-state index is -4.48. The van der Waals surface area contributed by atoms with E-state index >= 15 is 0 Å². The van der Waals surface area contributed by atoms with Crippen LogP contribution < -0.4 is 10.9 Å². The van der Waals surface area contributed by atoms with Gasteiger partial charge < -0.3 is 4.57 Å². The van der Waals surface area contributed by atoms with Crippen LogP contribution in [-0.2, 0) is 6.18 Å². The fraction of sp³-hybridized carbons (Fsp3) is 0.400. The van der Waals surface area contributed by atoms with Crippen molar-refractivity contribution >= 4 is 11.2 Å². The van der Waals surface area contributed by atoms with Gasteiger partial charge in [-0.15, -0.1) is 0 Å². The number of hydrazine groups is 1. The number of hydrogen-bond acceptors (Lipinski definition) is 4. The molecule has 1 saturated heterocycles. The number of benzene rings is 1. The zero-order valence-corrected chi connectivity index (χ0v) is 15.1. The van der Waals surface area contributed by atoms with Crippen LogP contribution in [0.4, 0.5) is 13.2 Å². The van der Waals surface area contributed by atoms with Crippen molar-refractivity contribution < 1.29 is 13.2 Å². The summed E-state index contributed by atoms with van der Waals surface area (Å²) in [6.07, 6.45) is -1.75. The number of alkyl halides is 3. The van der Waals surface area contributed by atoms with Crippen LogP contribution in [0.15, 0.2) is 42.5 Å². The summed E-state index contributed by atoms with van der Waals surface area (Å²) in [7, 11) is 0. The van der Waals surface area contributed by atoms with Crippen molar-refractivity contribution in [2.45, 2.75) is 37.5 Å². The molecule has 3 aromatic rings. The van der Waals surface area contributed by atoms with Crippen molar-refractivity contribution in [3.05, 3.63) is 48.2 Å². The number of halogens is 3. The molecule has 5 nitrogen and oxygen atoms in total. The van der Waals surface area contributed by atoms with Crippen molar-refractivity contribution in [1.82, 2.24) is 25.4 Å². The predicted molar refractivity (Wildman–Crippen MR) is 99.3 cm³/mol. The second-order valence-corrected chi connectivity index (χ2v) is 7.57. The molecule has 3 heterocycles. The van der Waals surface area contributed by atoms with E-state index in [4.69, 9.17) is 0 Å². The van der Waals surface area contributed by atoms with Crippen LogP contribution >= 0.6 is 0 Å². The topological polar surface area (TPSA) is 54.8 Å². The van der Waals surface area contributed by atoms with Crippen LogP contribution in [-0.4, -0.2) is 27.1 Å². The molecule has 2 aliphatic rings. The minimum Gasteiger partial charge on any atom is -0.306 e. The van der Waals surface area contributed by atoms with Gasteiger partial charge in [-0.1, -0.05) is 30.3 Å². The Morgan fingerprint density at radius 2 is 1.82 bits per heavy atom. The Morgan fingerprint density at radius 1 is 1.00 bits per heavy atom. The van der Waals surface area contributed by atoms with Gasteiger partial charge in [0.1, 0.15) is 17.0 Å². The molecule has 1 aliphatic heterocycles. The van der Waals surface area contributed by atoms with Gasteiger partial charge in [0.2, 0.25) is 0 Å². The summed E-state index contributed by atoms with van der Waals surface area (Å²) in [6, 6.07) is 12.5. The number of nitrogens with zero attached hydrogens (tertiary/aromatic N) is 3. The Hall–Kier alpha value is -2.45. The highest BCUT2D eigenvalue weighted by molar-refractivity contribution is 5.77. The van der Waals surface area contributed by atoms with Gasteiger partial charge in [0.25, 0.3) is 0 Å². The van der Waals surface area contributed by atoms with Crippen LogP contribution in [0.5, 0.6) is 0 Å². The van der Waals surface area contributed by atoms with Gasteiger partial charge in [-0.05, 0) is 37.3 Å². The molecular weight excluding hydrogens is 367 g/mol. The summed E-state index contributed by atoms with van der Waals surface area (Å²) >= 11 is 0. The van der Waals surface area contributed by atoms with Crippen LogP contribution in [0, 0.1) is 5.92 Å². The number of rotatable bonds is 2. The Labute approximate surface area is 160 Å². The number of imidazole rings is 1. The van der Waals surface area contributed by atoms with E-state index in [1.54, 1.807) is 0 Å². The van der Waals surface area contributed by atoms with Gasteiger partial charge in [-0.2, -0.15) is 13.2 Å².